The van der Waals surface area contributed by atoms with E-state index in [-0.39, 0.29) is 0 Å². The standard InChI is InChI=1S/C17H25NO3/c1-12(2)10-18-11-13(3)7-14-8-15(19-4)17-16(9-14)20-5-6-21-17/h7-9,12,18H,5-6,10-11H2,1-4H3. The van der Waals surface area contributed by atoms with Crippen molar-refractivity contribution in [1.29, 1.82) is 0 Å². The first-order valence-electron chi connectivity index (χ1n) is 7.45. The Labute approximate surface area is 127 Å². The molecule has 1 aliphatic heterocycles. The van der Waals surface area contributed by atoms with Crippen LogP contribution in [0, 0.1) is 5.92 Å². The zero-order chi connectivity index (χ0) is 15.2. The second-order valence-corrected chi connectivity index (χ2v) is 5.76. The van der Waals surface area contributed by atoms with Crippen molar-refractivity contribution in [2.24, 2.45) is 5.92 Å². The zero-order valence-electron chi connectivity index (χ0n) is 13.4. The summed E-state index contributed by atoms with van der Waals surface area (Å²) in [6.07, 6.45) is 2.15. The normalized spacial score (nSPS) is 14.4. The van der Waals surface area contributed by atoms with Gasteiger partial charge in [0, 0.05) is 6.54 Å². The number of methoxy groups -OCH3 is 1. The monoisotopic (exact) mass is 291 g/mol. The van der Waals surface area contributed by atoms with E-state index < -0.39 is 0 Å². The molecule has 1 aromatic rings. The predicted octanol–water partition coefficient (Wildman–Crippen LogP) is 3.12. The molecule has 0 atom stereocenters. The Balaban J connectivity index is 2.12. The summed E-state index contributed by atoms with van der Waals surface area (Å²) in [7, 11) is 1.65. The SMILES string of the molecule is COc1cc(C=C(C)CNCC(C)C)cc2c1OCCO2. The van der Waals surface area contributed by atoms with Gasteiger partial charge in [-0.05, 0) is 37.1 Å². The van der Waals surface area contributed by atoms with E-state index in [1.807, 2.05) is 12.1 Å². The van der Waals surface area contributed by atoms with Crippen LogP contribution in [0.15, 0.2) is 17.7 Å². The van der Waals surface area contributed by atoms with Crippen LogP contribution in [-0.2, 0) is 0 Å². The van der Waals surface area contributed by atoms with Gasteiger partial charge in [-0.1, -0.05) is 25.5 Å². The highest BCUT2D eigenvalue weighted by Gasteiger charge is 2.17. The summed E-state index contributed by atoms with van der Waals surface area (Å²) in [5.41, 5.74) is 2.34. The van der Waals surface area contributed by atoms with Crippen LogP contribution in [0.1, 0.15) is 26.3 Å². The summed E-state index contributed by atoms with van der Waals surface area (Å²) in [5, 5.41) is 3.44. The average molecular weight is 291 g/mol. The van der Waals surface area contributed by atoms with E-state index in [2.05, 4.69) is 32.2 Å². The van der Waals surface area contributed by atoms with Gasteiger partial charge in [0.2, 0.25) is 5.75 Å². The molecule has 0 aliphatic carbocycles. The third-order valence-corrected chi connectivity index (χ3v) is 3.22. The molecule has 0 aromatic heterocycles. The van der Waals surface area contributed by atoms with Gasteiger partial charge in [-0.25, -0.2) is 0 Å². The van der Waals surface area contributed by atoms with E-state index in [0.29, 0.717) is 24.9 Å². The molecule has 0 saturated carbocycles. The van der Waals surface area contributed by atoms with Gasteiger partial charge in [0.25, 0.3) is 0 Å². The van der Waals surface area contributed by atoms with Crippen LogP contribution < -0.4 is 19.5 Å². The summed E-state index contributed by atoms with van der Waals surface area (Å²) in [5.74, 6) is 2.85. The molecular formula is C17H25NO3. The van der Waals surface area contributed by atoms with Crippen LogP contribution in [0.5, 0.6) is 17.2 Å². The van der Waals surface area contributed by atoms with Gasteiger partial charge >= 0.3 is 0 Å². The van der Waals surface area contributed by atoms with Crippen molar-refractivity contribution < 1.29 is 14.2 Å². The summed E-state index contributed by atoms with van der Waals surface area (Å²) in [6, 6.07) is 3.99. The number of benzene rings is 1. The lowest BCUT2D eigenvalue weighted by Gasteiger charge is -2.21. The quantitative estimate of drug-likeness (QED) is 0.874. The zero-order valence-corrected chi connectivity index (χ0v) is 13.4. The first-order chi connectivity index (χ1) is 10.1. The predicted molar refractivity (Wildman–Crippen MR) is 85.3 cm³/mol. The van der Waals surface area contributed by atoms with Crippen LogP contribution in [0.3, 0.4) is 0 Å². The Hall–Kier alpha value is -1.68. The number of ether oxygens (including phenoxy) is 3. The second-order valence-electron chi connectivity index (χ2n) is 5.76. The third kappa shape index (κ3) is 4.39. The van der Waals surface area contributed by atoms with Crippen molar-refractivity contribution in [2.45, 2.75) is 20.8 Å². The van der Waals surface area contributed by atoms with Gasteiger partial charge in [0.15, 0.2) is 11.5 Å². The molecule has 0 saturated heterocycles. The number of hydrogen-bond acceptors (Lipinski definition) is 4. The molecule has 1 heterocycles. The summed E-state index contributed by atoms with van der Waals surface area (Å²) in [6.45, 7) is 9.59. The molecule has 1 aromatic carbocycles. The molecule has 21 heavy (non-hydrogen) atoms. The molecular weight excluding hydrogens is 266 g/mol. The van der Waals surface area contributed by atoms with Crippen molar-refractivity contribution in [1.82, 2.24) is 5.32 Å². The average Bonchev–Trinajstić information content (AvgIpc) is 2.46. The molecule has 0 unspecified atom stereocenters. The minimum atomic E-state index is 0.566. The number of fused-ring (bicyclic) bond motifs is 1. The first-order valence-corrected chi connectivity index (χ1v) is 7.45. The number of hydrogen-bond donors (Lipinski definition) is 1. The fraction of sp³-hybridized carbons (Fsp3) is 0.529. The van der Waals surface area contributed by atoms with Crippen molar-refractivity contribution in [2.75, 3.05) is 33.4 Å². The Kier molecular flexibility index (Phi) is 5.51. The first kappa shape index (κ1) is 15.7. The maximum absolute atomic E-state index is 5.65. The van der Waals surface area contributed by atoms with Gasteiger partial charge in [-0.2, -0.15) is 0 Å². The minimum absolute atomic E-state index is 0.566. The van der Waals surface area contributed by atoms with Gasteiger partial charge < -0.3 is 19.5 Å². The molecule has 1 aliphatic rings. The smallest absolute Gasteiger partial charge is 0.203 e. The molecule has 0 amide bonds. The van der Waals surface area contributed by atoms with Gasteiger partial charge in [-0.3, -0.25) is 0 Å². The molecule has 0 bridgehead atoms. The molecule has 0 spiro atoms. The van der Waals surface area contributed by atoms with E-state index in [1.54, 1.807) is 7.11 Å². The largest absolute Gasteiger partial charge is 0.493 e. The van der Waals surface area contributed by atoms with E-state index in [4.69, 9.17) is 14.2 Å². The Morgan fingerprint density at radius 3 is 2.81 bits per heavy atom. The van der Waals surface area contributed by atoms with Crippen molar-refractivity contribution in [3.63, 3.8) is 0 Å². The minimum Gasteiger partial charge on any atom is -0.493 e. The van der Waals surface area contributed by atoms with Crippen molar-refractivity contribution >= 4 is 6.08 Å². The van der Waals surface area contributed by atoms with Crippen molar-refractivity contribution in [3.8, 4) is 17.2 Å². The molecule has 4 heteroatoms. The summed E-state index contributed by atoms with van der Waals surface area (Å²) < 4.78 is 16.7. The maximum Gasteiger partial charge on any atom is 0.203 e. The highest BCUT2D eigenvalue weighted by molar-refractivity contribution is 5.63. The fourth-order valence-electron chi connectivity index (χ4n) is 2.27. The summed E-state index contributed by atoms with van der Waals surface area (Å²) >= 11 is 0. The topological polar surface area (TPSA) is 39.7 Å². The van der Waals surface area contributed by atoms with E-state index in [1.165, 1.54) is 5.57 Å². The Morgan fingerprint density at radius 2 is 2.10 bits per heavy atom. The maximum atomic E-state index is 5.65. The van der Waals surface area contributed by atoms with E-state index in [9.17, 15) is 0 Å². The Bertz CT molecular complexity index is 492. The van der Waals surface area contributed by atoms with Crippen LogP contribution in [0.4, 0.5) is 0 Å². The number of rotatable bonds is 6. The molecule has 0 radical (unpaired) electrons. The second kappa shape index (κ2) is 7.36. The summed E-state index contributed by atoms with van der Waals surface area (Å²) in [4.78, 5) is 0. The molecule has 1 N–H and O–H groups in total. The highest BCUT2D eigenvalue weighted by atomic mass is 16.6. The van der Waals surface area contributed by atoms with Crippen LogP contribution in [0.25, 0.3) is 6.08 Å². The lowest BCUT2D eigenvalue weighted by atomic mass is 10.1. The lowest BCUT2D eigenvalue weighted by molar-refractivity contribution is 0.165. The molecule has 4 nitrogen and oxygen atoms in total. The number of nitrogens with one attached hydrogen (secondary N) is 1. The molecule has 2 rings (SSSR count). The van der Waals surface area contributed by atoms with Gasteiger partial charge in [0.1, 0.15) is 13.2 Å². The molecule has 116 valence electrons. The highest BCUT2D eigenvalue weighted by Crippen LogP contribution is 2.40. The van der Waals surface area contributed by atoms with Crippen LogP contribution >= 0.6 is 0 Å². The fourth-order valence-corrected chi connectivity index (χ4v) is 2.27. The van der Waals surface area contributed by atoms with Crippen LogP contribution in [0.2, 0.25) is 0 Å². The Morgan fingerprint density at radius 1 is 1.33 bits per heavy atom. The van der Waals surface area contributed by atoms with Gasteiger partial charge in [-0.15, -0.1) is 0 Å². The molecule has 0 fully saturated rings. The van der Waals surface area contributed by atoms with Crippen molar-refractivity contribution in [3.05, 3.63) is 23.3 Å². The van der Waals surface area contributed by atoms with E-state index in [0.717, 1.165) is 30.2 Å². The third-order valence-electron chi connectivity index (χ3n) is 3.22. The van der Waals surface area contributed by atoms with Gasteiger partial charge in [0.05, 0.1) is 7.11 Å². The van der Waals surface area contributed by atoms with E-state index >= 15 is 0 Å². The lowest BCUT2D eigenvalue weighted by Crippen LogP contribution is -2.21. The van der Waals surface area contributed by atoms with Crippen LogP contribution in [-0.4, -0.2) is 33.4 Å².